The smallest absolute Gasteiger partial charge is 0.316 e. The van der Waals surface area contributed by atoms with Crippen molar-refractivity contribution in [2.75, 3.05) is 13.2 Å². The minimum absolute atomic E-state index is 0.209. The van der Waals surface area contributed by atoms with E-state index in [4.69, 9.17) is 10.5 Å². The average Bonchev–Trinajstić information content (AvgIpc) is 2.73. The molecule has 1 aliphatic carbocycles. The van der Waals surface area contributed by atoms with Gasteiger partial charge in [0.2, 0.25) is 0 Å². The normalized spacial score (nSPS) is 22.1. The highest BCUT2D eigenvalue weighted by Gasteiger charge is 2.51. The third kappa shape index (κ3) is 1.56. The van der Waals surface area contributed by atoms with Gasteiger partial charge in [0.25, 0.3) is 0 Å². The standard InChI is InChI=1S/C14H17NO3/c15-12(14(13(16)17)7-18-8-14)11-5-4-9-2-1-3-10(9)6-11/h4-6,12H,1-3,7-8,15H2,(H,16,17). The first kappa shape index (κ1) is 11.7. The summed E-state index contributed by atoms with van der Waals surface area (Å²) in [6.07, 6.45) is 3.38. The molecule has 1 aliphatic heterocycles. The van der Waals surface area contributed by atoms with Crippen LogP contribution in [0.15, 0.2) is 18.2 Å². The zero-order valence-electron chi connectivity index (χ0n) is 10.2. The zero-order chi connectivity index (χ0) is 12.8. The van der Waals surface area contributed by atoms with Crippen molar-refractivity contribution in [3.63, 3.8) is 0 Å². The molecule has 18 heavy (non-hydrogen) atoms. The van der Waals surface area contributed by atoms with E-state index in [1.165, 1.54) is 17.5 Å². The zero-order valence-corrected chi connectivity index (χ0v) is 10.2. The number of fused-ring (bicyclic) bond motifs is 1. The number of aliphatic carboxylic acids is 1. The number of carboxylic acids is 1. The molecule has 1 aromatic carbocycles. The lowest BCUT2D eigenvalue weighted by molar-refractivity contribution is -0.184. The molecule has 0 aromatic heterocycles. The highest BCUT2D eigenvalue weighted by atomic mass is 16.5. The van der Waals surface area contributed by atoms with Gasteiger partial charge in [-0.15, -0.1) is 0 Å². The van der Waals surface area contributed by atoms with Crippen LogP contribution in [0.1, 0.15) is 29.2 Å². The second-order valence-electron chi connectivity index (χ2n) is 5.31. The molecular weight excluding hydrogens is 230 g/mol. The lowest BCUT2D eigenvalue weighted by atomic mass is 9.75. The van der Waals surface area contributed by atoms with E-state index in [1.807, 2.05) is 6.07 Å². The van der Waals surface area contributed by atoms with Gasteiger partial charge in [0, 0.05) is 0 Å². The van der Waals surface area contributed by atoms with Gasteiger partial charge in [-0.1, -0.05) is 18.2 Å². The fourth-order valence-corrected chi connectivity index (χ4v) is 2.86. The Kier molecular flexibility index (Phi) is 2.64. The lowest BCUT2D eigenvalue weighted by Crippen LogP contribution is -2.55. The second-order valence-corrected chi connectivity index (χ2v) is 5.31. The van der Waals surface area contributed by atoms with Gasteiger partial charge >= 0.3 is 5.97 Å². The number of hydrogen-bond donors (Lipinski definition) is 2. The third-order valence-corrected chi connectivity index (χ3v) is 4.22. The molecule has 1 heterocycles. The van der Waals surface area contributed by atoms with E-state index in [0.717, 1.165) is 18.4 Å². The van der Waals surface area contributed by atoms with Gasteiger partial charge in [-0.05, 0) is 36.0 Å². The van der Waals surface area contributed by atoms with Gasteiger partial charge in [0.15, 0.2) is 0 Å². The van der Waals surface area contributed by atoms with Gasteiger partial charge in [-0.25, -0.2) is 0 Å². The van der Waals surface area contributed by atoms with Gasteiger partial charge in [-0.2, -0.15) is 0 Å². The molecule has 1 unspecified atom stereocenters. The molecule has 96 valence electrons. The summed E-state index contributed by atoms with van der Waals surface area (Å²) >= 11 is 0. The number of aryl methyl sites for hydroxylation is 2. The monoisotopic (exact) mass is 247 g/mol. The molecule has 2 aliphatic rings. The van der Waals surface area contributed by atoms with Crippen molar-refractivity contribution in [1.29, 1.82) is 0 Å². The number of nitrogens with two attached hydrogens (primary N) is 1. The van der Waals surface area contributed by atoms with Crippen molar-refractivity contribution >= 4 is 5.97 Å². The van der Waals surface area contributed by atoms with Crippen LogP contribution in [0, 0.1) is 5.41 Å². The summed E-state index contributed by atoms with van der Waals surface area (Å²) in [5.41, 5.74) is 8.85. The van der Waals surface area contributed by atoms with Crippen LogP contribution in [0.4, 0.5) is 0 Å². The van der Waals surface area contributed by atoms with Crippen LogP contribution in [0.3, 0.4) is 0 Å². The minimum atomic E-state index is -0.938. The fourth-order valence-electron chi connectivity index (χ4n) is 2.86. The predicted molar refractivity (Wildman–Crippen MR) is 66.3 cm³/mol. The molecule has 3 rings (SSSR count). The molecule has 1 saturated heterocycles. The van der Waals surface area contributed by atoms with E-state index < -0.39 is 17.4 Å². The Morgan fingerprint density at radius 1 is 1.33 bits per heavy atom. The quantitative estimate of drug-likeness (QED) is 0.843. The van der Waals surface area contributed by atoms with Crippen molar-refractivity contribution in [3.8, 4) is 0 Å². The molecule has 3 N–H and O–H groups in total. The third-order valence-electron chi connectivity index (χ3n) is 4.22. The van der Waals surface area contributed by atoms with Crippen LogP contribution in [0.2, 0.25) is 0 Å². The second kappa shape index (κ2) is 4.07. The number of carboxylic acid groups (broad SMARTS) is 1. The van der Waals surface area contributed by atoms with E-state index in [9.17, 15) is 9.90 Å². The number of ether oxygens (including phenoxy) is 1. The Morgan fingerprint density at radius 3 is 2.67 bits per heavy atom. The highest BCUT2D eigenvalue weighted by Crippen LogP contribution is 2.40. The van der Waals surface area contributed by atoms with Crippen molar-refractivity contribution in [2.24, 2.45) is 11.1 Å². The summed E-state index contributed by atoms with van der Waals surface area (Å²) < 4.78 is 5.07. The SMILES string of the molecule is NC(c1ccc2c(c1)CCC2)C1(C(=O)O)COC1. The molecular formula is C14H17NO3. The van der Waals surface area contributed by atoms with Gasteiger partial charge in [0.05, 0.1) is 19.3 Å². The van der Waals surface area contributed by atoms with Gasteiger partial charge < -0.3 is 15.6 Å². The van der Waals surface area contributed by atoms with E-state index >= 15 is 0 Å². The van der Waals surface area contributed by atoms with Crippen LogP contribution < -0.4 is 5.73 Å². The molecule has 0 spiro atoms. The fraction of sp³-hybridized carbons (Fsp3) is 0.500. The molecule has 4 heteroatoms. The molecule has 1 aromatic rings. The molecule has 0 amide bonds. The summed E-state index contributed by atoms with van der Waals surface area (Å²) in [6.45, 7) is 0.418. The number of hydrogen-bond acceptors (Lipinski definition) is 3. The molecule has 0 bridgehead atoms. The van der Waals surface area contributed by atoms with Crippen molar-refractivity contribution < 1.29 is 14.6 Å². The summed E-state index contributed by atoms with van der Waals surface area (Å²) in [6, 6.07) is 5.65. The van der Waals surface area contributed by atoms with Crippen LogP contribution in [-0.4, -0.2) is 24.3 Å². The Bertz CT molecular complexity index is 494. The van der Waals surface area contributed by atoms with Gasteiger partial charge in [0.1, 0.15) is 5.41 Å². The van der Waals surface area contributed by atoms with Crippen molar-refractivity contribution in [3.05, 3.63) is 34.9 Å². The van der Waals surface area contributed by atoms with Crippen molar-refractivity contribution in [2.45, 2.75) is 25.3 Å². The highest BCUT2D eigenvalue weighted by molar-refractivity contribution is 5.77. The Balaban J connectivity index is 1.92. The Labute approximate surface area is 106 Å². The first-order valence-electron chi connectivity index (χ1n) is 6.32. The maximum absolute atomic E-state index is 11.4. The van der Waals surface area contributed by atoms with Crippen LogP contribution >= 0.6 is 0 Å². The largest absolute Gasteiger partial charge is 0.481 e. The molecule has 0 radical (unpaired) electrons. The molecule has 1 atom stereocenters. The number of rotatable bonds is 3. The summed E-state index contributed by atoms with van der Waals surface area (Å²) in [5.74, 6) is -0.859. The maximum Gasteiger partial charge on any atom is 0.316 e. The summed E-state index contributed by atoms with van der Waals surface area (Å²) in [7, 11) is 0. The lowest BCUT2D eigenvalue weighted by Gasteiger charge is -2.42. The van der Waals surface area contributed by atoms with Crippen LogP contribution in [-0.2, 0) is 22.4 Å². The number of benzene rings is 1. The average molecular weight is 247 g/mol. The summed E-state index contributed by atoms with van der Waals surface area (Å²) in [5, 5.41) is 9.35. The van der Waals surface area contributed by atoms with Crippen molar-refractivity contribution in [1.82, 2.24) is 0 Å². The maximum atomic E-state index is 11.4. The van der Waals surface area contributed by atoms with E-state index in [2.05, 4.69) is 12.1 Å². The Hall–Kier alpha value is -1.39. The van der Waals surface area contributed by atoms with E-state index in [0.29, 0.717) is 0 Å². The first-order valence-corrected chi connectivity index (χ1v) is 6.32. The first-order chi connectivity index (χ1) is 8.63. The van der Waals surface area contributed by atoms with Gasteiger partial charge in [-0.3, -0.25) is 4.79 Å². The van der Waals surface area contributed by atoms with Crippen LogP contribution in [0.5, 0.6) is 0 Å². The molecule has 0 saturated carbocycles. The summed E-state index contributed by atoms with van der Waals surface area (Å²) in [4.78, 5) is 11.4. The minimum Gasteiger partial charge on any atom is -0.481 e. The number of carbonyl (C=O) groups is 1. The molecule has 4 nitrogen and oxygen atoms in total. The Morgan fingerprint density at radius 2 is 2.06 bits per heavy atom. The van der Waals surface area contributed by atoms with E-state index in [-0.39, 0.29) is 13.2 Å². The topological polar surface area (TPSA) is 72.6 Å². The predicted octanol–water partition coefficient (Wildman–Crippen LogP) is 1.28. The molecule has 1 fully saturated rings. The van der Waals surface area contributed by atoms with E-state index in [1.54, 1.807) is 0 Å². The van der Waals surface area contributed by atoms with Crippen LogP contribution in [0.25, 0.3) is 0 Å².